The smallest absolute Gasteiger partial charge is 0.155 e. The Balaban J connectivity index is 2.14. The van der Waals surface area contributed by atoms with Crippen LogP contribution in [0.15, 0.2) is 0 Å². The maximum Gasteiger partial charge on any atom is 0.155 e. The minimum absolute atomic E-state index is 0.0422. The summed E-state index contributed by atoms with van der Waals surface area (Å²) in [5, 5.41) is 0. The van der Waals surface area contributed by atoms with Crippen LogP contribution in [0.1, 0.15) is 6.92 Å². The molecule has 12 heavy (non-hydrogen) atoms. The molecule has 72 valence electrons. The predicted octanol–water partition coefficient (Wildman–Crippen LogP) is 0.918. The van der Waals surface area contributed by atoms with Crippen LogP contribution in [0, 0.1) is 0 Å². The van der Waals surface area contributed by atoms with E-state index in [-0.39, 0.29) is 12.4 Å². The van der Waals surface area contributed by atoms with Crippen molar-refractivity contribution >= 4 is 11.6 Å². The molecule has 0 N–H and O–H groups in total. The van der Waals surface area contributed by atoms with Gasteiger partial charge in [0.05, 0.1) is 12.7 Å². The average molecular weight is 194 g/mol. The number of hydrogen-bond donors (Lipinski definition) is 0. The van der Waals surface area contributed by atoms with Gasteiger partial charge in [-0.05, 0) is 14.0 Å². The Morgan fingerprint density at radius 1 is 1.58 bits per heavy atom. The van der Waals surface area contributed by atoms with Crippen LogP contribution >= 0.6 is 11.6 Å². The SMILES string of the molecule is C[C@@H]1OC[C@@H](CN(C)CCCl)O1. The Kier molecular flexibility index (Phi) is 4.29. The van der Waals surface area contributed by atoms with Gasteiger partial charge in [-0.15, -0.1) is 11.6 Å². The topological polar surface area (TPSA) is 21.7 Å². The van der Waals surface area contributed by atoms with E-state index in [9.17, 15) is 0 Å². The van der Waals surface area contributed by atoms with E-state index in [0.717, 1.165) is 13.1 Å². The maximum absolute atomic E-state index is 5.60. The van der Waals surface area contributed by atoms with E-state index in [2.05, 4.69) is 4.90 Å². The first-order chi connectivity index (χ1) is 5.72. The molecule has 0 saturated carbocycles. The van der Waals surface area contributed by atoms with Crippen LogP contribution < -0.4 is 0 Å². The highest BCUT2D eigenvalue weighted by Gasteiger charge is 2.22. The van der Waals surface area contributed by atoms with E-state index >= 15 is 0 Å². The van der Waals surface area contributed by atoms with Gasteiger partial charge in [-0.1, -0.05) is 0 Å². The fraction of sp³-hybridized carbons (Fsp3) is 1.00. The van der Waals surface area contributed by atoms with Crippen molar-refractivity contribution in [3.05, 3.63) is 0 Å². The first kappa shape index (κ1) is 10.3. The Bertz CT molecular complexity index is 134. The molecule has 0 radical (unpaired) electrons. The van der Waals surface area contributed by atoms with Gasteiger partial charge in [-0.2, -0.15) is 0 Å². The third-order valence-electron chi connectivity index (χ3n) is 1.88. The standard InChI is InChI=1S/C8H16ClNO2/c1-7-11-6-8(12-7)5-10(2)4-3-9/h7-8H,3-6H2,1-2H3/t7-,8-/m1/s1. The van der Waals surface area contributed by atoms with Crippen LogP contribution in [0.3, 0.4) is 0 Å². The summed E-state index contributed by atoms with van der Waals surface area (Å²) in [5.74, 6) is 0.666. The van der Waals surface area contributed by atoms with Gasteiger partial charge in [-0.25, -0.2) is 0 Å². The lowest BCUT2D eigenvalue weighted by molar-refractivity contribution is -0.0457. The van der Waals surface area contributed by atoms with Gasteiger partial charge in [0.15, 0.2) is 6.29 Å². The summed E-state index contributed by atoms with van der Waals surface area (Å²) in [6, 6.07) is 0. The molecule has 2 atom stereocenters. The lowest BCUT2D eigenvalue weighted by atomic mass is 10.3. The van der Waals surface area contributed by atoms with E-state index in [4.69, 9.17) is 21.1 Å². The molecule has 4 heteroatoms. The summed E-state index contributed by atoms with van der Waals surface area (Å²) in [6.45, 7) is 4.42. The second-order valence-electron chi connectivity index (χ2n) is 3.11. The molecule has 0 unspecified atom stereocenters. The molecule has 0 aromatic rings. The highest BCUT2D eigenvalue weighted by atomic mass is 35.5. The van der Waals surface area contributed by atoms with E-state index < -0.39 is 0 Å². The van der Waals surface area contributed by atoms with Gasteiger partial charge in [0, 0.05) is 19.0 Å². The number of halogens is 1. The van der Waals surface area contributed by atoms with Gasteiger partial charge in [0.2, 0.25) is 0 Å². The van der Waals surface area contributed by atoms with Crippen molar-refractivity contribution in [1.82, 2.24) is 4.90 Å². The predicted molar refractivity (Wildman–Crippen MR) is 48.5 cm³/mol. The molecule has 1 heterocycles. The molecule has 0 bridgehead atoms. The van der Waals surface area contributed by atoms with Crippen molar-refractivity contribution in [1.29, 1.82) is 0 Å². The summed E-state index contributed by atoms with van der Waals surface area (Å²) < 4.78 is 10.7. The zero-order valence-electron chi connectivity index (χ0n) is 7.62. The van der Waals surface area contributed by atoms with Gasteiger partial charge >= 0.3 is 0 Å². The van der Waals surface area contributed by atoms with E-state index in [1.54, 1.807) is 0 Å². The molecule has 1 aliphatic heterocycles. The van der Waals surface area contributed by atoms with Gasteiger partial charge in [0.1, 0.15) is 0 Å². The monoisotopic (exact) mass is 193 g/mol. The summed E-state index contributed by atoms with van der Waals surface area (Å²) in [5.41, 5.74) is 0. The number of ether oxygens (including phenoxy) is 2. The van der Waals surface area contributed by atoms with Crippen molar-refractivity contribution in [3.8, 4) is 0 Å². The Morgan fingerprint density at radius 2 is 2.33 bits per heavy atom. The molecule has 0 spiro atoms. The van der Waals surface area contributed by atoms with Gasteiger partial charge in [0.25, 0.3) is 0 Å². The highest BCUT2D eigenvalue weighted by molar-refractivity contribution is 6.18. The number of nitrogens with zero attached hydrogens (tertiary/aromatic N) is 1. The number of hydrogen-bond acceptors (Lipinski definition) is 3. The van der Waals surface area contributed by atoms with Crippen molar-refractivity contribution in [2.24, 2.45) is 0 Å². The lowest BCUT2D eigenvalue weighted by Crippen LogP contribution is -2.32. The minimum atomic E-state index is -0.0422. The van der Waals surface area contributed by atoms with E-state index in [0.29, 0.717) is 12.5 Å². The summed E-state index contributed by atoms with van der Waals surface area (Å²) >= 11 is 5.60. The molecule has 0 aromatic carbocycles. The molecular weight excluding hydrogens is 178 g/mol. The van der Waals surface area contributed by atoms with Crippen molar-refractivity contribution in [3.63, 3.8) is 0 Å². The Labute approximate surface area is 78.6 Å². The summed E-state index contributed by atoms with van der Waals surface area (Å²) in [6.07, 6.45) is 0.174. The zero-order chi connectivity index (χ0) is 8.97. The number of alkyl halides is 1. The molecule has 0 aromatic heterocycles. The fourth-order valence-corrected chi connectivity index (χ4v) is 1.56. The lowest BCUT2D eigenvalue weighted by Gasteiger charge is -2.18. The van der Waals surface area contributed by atoms with E-state index in [1.807, 2.05) is 14.0 Å². The van der Waals surface area contributed by atoms with Gasteiger partial charge in [-0.3, -0.25) is 0 Å². The van der Waals surface area contributed by atoms with E-state index in [1.165, 1.54) is 0 Å². The Morgan fingerprint density at radius 3 is 2.83 bits per heavy atom. The minimum Gasteiger partial charge on any atom is -0.350 e. The van der Waals surface area contributed by atoms with Crippen LogP contribution in [0.25, 0.3) is 0 Å². The third kappa shape index (κ3) is 3.27. The highest BCUT2D eigenvalue weighted by Crippen LogP contribution is 2.11. The van der Waals surface area contributed by atoms with Crippen LogP contribution in [0.2, 0.25) is 0 Å². The molecule has 1 aliphatic rings. The number of rotatable bonds is 4. The molecule has 0 aliphatic carbocycles. The van der Waals surface area contributed by atoms with Crippen LogP contribution in [0.5, 0.6) is 0 Å². The average Bonchev–Trinajstić information content (AvgIpc) is 2.36. The zero-order valence-corrected chi connectivity index (χ0v) is 8.38. The second-order valence-corrected chi connectivity index (χ2v) is 3.49. The molecule has 1 saturated heterocycles. The van der Waals surface area contributed by atoms with Crippen LogP contribution in [-0.4, -0.2) is 49.9 Å². The maximum atomic E-state index is 5.60. The van der Waals surface area contributed by atoms with Gasteiger partial charge < -0.3 is 14.4 Å². The quantitative estimate of drug-likeness (QED) is 0.620. The molecule has 1 rings (SSSR count). The normalized spacial score (nSPS) is 30.0. The second kappa shape index (κ2) is 5.02. The van der Waals surface area contributed by atoms with Crippen molar-refractivity contribution < 1.29 is 9.47 Å². The Hall–Kier alpha value is 0.170. The fourth-order valence-electron chi connectivity index (χ4n) is 1.27. The first-order valence-electron chi connectivity index (χ1n) is 4.24. The molecule has 1 fully saturated rings. The molecule has 3 nitrogen and oxygen atoms in total. The number of likely N-dealkylation sites (N-methyl/N-ethyl adjacent to an activating group) is 1. The van der Waals surface area contributed by atoms with Crippen molar-refractivity contribution in [2.45, 2.75) is 19.3 Å². The molecular formula is C8H16ClNO2. The molecule has 0 amide bonds. The van der Waals surface area contributed by atoms with Crippen LogP contribution in [0.4, 0.5) is 0 Å². The third-order valence-corrected chi connectivity index (χ3v) is 2.05. The summed E-state index contributed by atoms with van der Waals surface area (Å²) in [7, 11) is 2.04. The van der Waals surface area contributed by atoms with Crippen molar-refractivity contribution in [2.75, 3.05) is 32.6 Å². The first-order valence-corrected chi connectivity index (χ1v) is 4.77. The summed E-state index contributed by atoms with van der Waals surface area (Å²) in [4.78, 5) is 2.15. The van der Waals surface area contributed by atoms with Crippen LogP contribution in [-0.2, 0) is 9.47 Å². The largest absolute Gasteiger partial charge is 0.350 e.